The summed E-state index contributed by atoms with van der Waals surface area (Å²) < 4.78 is 38.9. The smallest absolute Gasteiger partial charge is 0.394 e. The number of carboxylic acids is 1. The van der Waals surface area contributed by atoms with Crippen LogP contribution in [0.1, 0.15) is 38.5 Å². The van der Waals surface area contributed by atoms with Crippen molar-refractivity contribution in [1.29, 1.82) is 0 Å². The summed E-state index contributed by atoms with van der Waals surface area (Å²) in [6.07, 6.45) is 2.22. The number of aliphatic carboxylic acids is 1. The minimum atomic E-state index is -4.62. The van der Waals surface area contributed by atoms with Crippen LogP contribution in [0.5, 0.6) is 0 Å². The number of carbonyl (C=O) groups is 2. The first-order chi connectivity index (χ1) is 12.2. The minimum Gasteiger partial charge on any atom is -0.481 e. The van der Waals surface area contributed by atoms with Crippen molar-refractivity contribution in [3.05, 3.63) is 0 Å². The van der Waals surface area contributed by atoms with Crippen molar-refractivity contribution < 1.29 is 27.9 Å². The number of carbonyl (C=O) groups excluding carboxylic acids is 1. The quantitative estimate of drug-likeness (QED) is 0.696. The molecule has 2 atom stereocenters. The Kier molecular flexibility index (Phi) is 7.14. The van der Waals surface area contributed by atoms with Crippen LogP contribution in [0.2, 0.25) is 0 Å². The highest BCUT2D eigenvalue weighted by molar-refractivity contribution is 5.77. The van der Waals surface area contributed by atoms with E-state index in [2.05, 4.69) is 17.3 Å². The molecular weight excluding hydrogens is 351 g/mol. The van der Waals surface area contributed by atoms with Crippen molar-refractivity contribution >= 4 is 12.0 Å². The number of rotatable bonds is 6. The largest absolute Gasteiger partial charge is 0.481 e. The number of halogens is 3. The normalized spacial score (nSPS) is 24.9. The average Bonchev–Trinajstić information content (AvgIpc) is 3.05. The molecule has 0 aromatic rings. The van der Waals surface area contributed by atoms with Gasteiger partial charge in [-0.2, -0.15) is 13.2 Å². The van der Waals surface area contributed by atoms with Crippen molar-refractivity contribution in [2.24, 2.45) is 11.8 Å². The number of alkyl halides is 3. The molecule has 2 fully saturated rings. The molecule has 2 aliphatic rings. The molecule has 0 radical (unpaired) electrons. The fourth-order valence-corrected chi connectivity index (χ4v) is 3.89. The van der Waals surface area contributed by atoms with Crippen LogP contribution in [-0.4, -0.2) is 72.4 Å². The maximum absolute atomic E-state index is 13.0. The van der Waals surface area contributed by atoms with Gasteiger partial charge in [-0.15, -0.1) is 0 Å². The summed E-state index contributed by atoms with van der Waals surface area (Å²) >= 11 is 0. The zero-order chi connectivity index (χ0) is 19.3. The SMILES string of the molecule is CN(CCCNC(=O)N1C[C@@H](C(F)(F)F)[C@H](C(=O)O)C1)C1CCCCC1. The van der Waals surface area contributed by atoms with Gasteiger partial charge < -0.3 is 20.2 Å². The monoisotopic (exact) mass is 379 g/mol. The summed E-state index contributed by atoms with van der Waals surface area (Å²) in [5, 5.41) is 11.6. The molecule has 6 nitrogen and oxygen atoms in total. The highest BCUT2D eigenvalue weighted by Crippen LogP contribution is 2.37. The Morgan fingerprint density at radius 3 is 2.38 bits per heavy atom. The molecular formula is C17H28F3N3O3. The van der Waals surface area contributed by atoms with Crippen LogP contribution < -0.4 is 5.32 Å². The first-order valence-corrected chi connectivity index (χ1v) is 9.22. The number of hydrogen-bond acceptors (Lipinski definition) is 3. The van der Waals surface area contributed by atoms with E-state index in [4.69, 9.17) is 5.11 Å². The molecule has 1 saturated carbocycles. The van der Waals surface area contributed by atoms with Gasteiger partial charge in [0, 0.05) is 25.7 Å². The van der Waals surface area contributed by atoms with E-state index in [9.17, 15) is 22.8 Å². The van der Waals surface area contributed by atoms with Crippen LogP contribution in [0.3, 0.4) is 0 Å². The number of carboxylic acid groups (broad SMARTS) is 1. The predicted octanol–water partition coefficient (Wildman–Crippen LogP) is 2.55. The maximum atomic E-state index is 13.0. The molecule has 0 aromatic heterocycles. The molecule has 0 unspecified atom stereocenters. The zero-order valence-electron chi connectivity index (χ0n) is 15.1. The summed E-state index contributed by atoms with van der Waals surface area (Å²) in [7, 11) is 2.06. The van der Waals surface area contributed by atoms with Gasteiger partial charge in [0.2, 0.25) is 0 Å². The third kappa shape index (κ3) is 5.49. The van der Waals surface area contributed by atoms with Gasteiger partial charge in [-0.3, -0.25) is 4.79 Å². The molecule has 0 spiro atoms. The van der Waals surface area contributed by atoms with E-state index in [-0.39, 0.29) is 0 Å². The van der Waals surface area contributed by atoms with Crippen molar-refractivity contribution in [2.75, 3.05) is 33.2 Å². The third-order valence-corrected chi connectivity index (χ3v) is 5.51. The highest BCUT2D eigenvalue weighted by Gasteiger charge is 2.53. The molecule has 2 amide bonds. The van der Waals surface area contributed by atoms with Crippen molar-refractivity contribution in [3.63, 3.8) is 0 Å². The zero-order valence-corrected chi connectivity index (χ0v) is 15.1. The molecule has 0 bridgehead atoms. The molecule has 2 N–H and O–H groups in total. The van der Waals surface area contributed by atoms with Crippen LogP contribution in [-0.2, 0) is 4.79 Å². The Morgan fingerprint density at radius 1 is 1.19 bits per heavy atom. The summed E-state index contributed by atoms with van der Waals surface area (Å²) in [5.74, 6) is -5.13. The Balaban J connectivity index is 1.73. The minimum absolute atomic E-state index is 0.362. The molecule has 1 heterocycles. The Bertz CT molecular complexity index is 495. The molecule has 1 aliphatic carbocycles. The van der Waals surface area contributed by atoms with Gasteiger partial charge in [-0.1, -0.05) is 19.3 Å². The lowest BCUT2D eigenvalue weighted by molar-refractivity contribution is -0.187. The molecule has 26 heavy (non-hydrogen) atoms. The molecule has 150 valence electrons. The van der Waals surface area contributed by atoms with Crippen molar-refractivity contribution in [2.45, 2.75) is 50.7 Å². The van der Waals surface area contributed by atoms with Gasteiger partial charge in [0.15, 0.2) is 0 Å². The molecule has 2 rings (SSSR count). The number of hydrogen-bond donors (Lipinski definition) is 2. The van der Waals surface area contributed by atoms with Crippen LogP contribution in [0.15, 0.2) is 0 Å². The summed E-state index contributed by atoms with van der Waals surface area (Å²) in [6, 6.07) is -0.0507. The molecule has 1 saturated heterocycles. The van der Waals surface area contributed by atoms with E-state index in [0.717, 1.165) is 11.4 Å². The van der Waals surface area contributed by atoms with Gasteiger partial charge in [-0.05, 0) is 32.9 Å². The average molecular weight is 379 g/mol. The number of amides is 2. The van der Waals surface area contributed by atoms with E-state index < -0.39 is 43.1 Å². The van der Waals surface area contributed by atoms with Crippen molar-refractivity contribution in [1.82, 2.24) is 15.1 Å². The number of nitrogens with zero attached hydrogens (tertiary/aromatic N) is 2. The van der Waals surface area contributed by atoms with E-state index in [1.807, 2.05) is 0 Å². The lowest BCUT2D eigenvalue weighted by Crippen LogP contribution is -2.41. The van der Waals surface area contributed by atoms with Gasteiger partial charge in [0.1, 0.15) is 0 Å². The Morgan fingerprint density at radius 2 is 1.85 bits per heavy atom. The van der Waals surface area contributed by atoms with Gasteiger partial charge in [-0.25, -0.2) is 4.79 Å². The first-order valence-electron chi connectivity index (χ1n) is 9.22. The standard InChI is InChI=1S/C17H28F3N3O3/c1-22(12-6-3-2-4-7-12)9-5-8-21-16(26)23-10-13(15(24)25)14(11-23)17(18,19)20/h12-14H,2-11H2,1H3,(H,21,26)(H,24,25)/t13-,14-/m1/s1. The van der Waals surface area contributed by atoms with E-state index >= 15 is 0 Å². The Hall–Kier alpha value is -1.51. The topological polar surface area (TPSA) is 72.9 Å². The fourth-order valence-electron chi connectivity index (χ4n) is 3.89. The van der Waals surface area contributed by atoms with E-state index in [1.165, 1.54) is 32.1 Å². The molecule has 1 aliphatic heterocycles. The Labute approximate surface area is 151 Å². The fraction of sp³-hybridized carbons (Fsp3) is 0.882. The second-order valence-corrected chi connectivity index (χ2v) is 7.36. The highest BCUT2D eigenvalue weighted by atomic mass is 19.4. The van der Waals surface area contributed by atoms with Gasteiger partial charge in [0.05, 0.1) is 11.8 Å². The number of likely N-dealkylation sites (tertiary alicyclic amines) is 1. The summed E-state index contributed by atoms with van der Waals surface area (Å²) in [4.78, 5) is 26.4. The number of urea groups is 1. The van der Waals surface area contributed by atoms with Crippen LogP contribution in [0.4, 0.5) is 18.0 Å². The van der Waals surface area contributed by atoms with E-state index in [0.29, 0.717) is 19.0 Å². The van der Waals surface area contributed by atoms with Crippen LogP contribution in [0, 0.1) is 11.8 Å². The second kappa shape index (κ2) is 8.92. The van der Waals surface area contributed by atoms with Crippen molar-refractivity contribution in [3.8, 4) is 0 Å². The van der Waals surface area contributed by atoms with Crippen LogP contribution in [0.25, 0.3) is 0 Å². The molecule has 9 heteroatoms. The lowest BCUT2D eigenvalue weighted by atomic mass is 9.94. The van der Waals surface area contributed by atoms with Gasteiger partial charge in [0.25, 0.3) is 0 Å². The first kappa shape index (κ1) is 20.8. The van der Waals surface area contributed by atoms with Crippen LogP contribution >= 0.6 is 0 Å². The predicted molar refractivity (Wildman–Crippen MR) is 89.8 cm³/mol. The summed E-state index contributed by atoms with van der Waals surface area (Å²) in [6.45, 7) is 0.163. The second-order valence-electron chi connectivity index (χ2n) is 7.36. The van der Waals surface area contributed by atoms with E-state index in [1.54, 1.807) is 0 Å². The van der Waals surface area contributed by atoms with Gasteiger partial charge >= 0.3 is 18.2 Å². The molecule has 0 aromatic carbocycles. The lowest BCUT2D eigenvalue weighted by Gasteiger charge is -2.31. The third-order valence-electron chi connectivity index (χ3n) is 5.51. The summed E-state index contributed by atoms with van der Waals surface area (Å²) in [5.41, 5.74) is 0. The number of nitrogens with one attached hydrogen (secondary N) is 1. The maximum Gasteiger partial charge on any atom is 0.394 e.